The number of aromatic nitrogens is 2. The molecule has 0 saturated heterocycles. The van der Waals surface area contributed by atoms with Crippen LogP contribution in [0.1, 0.15) is 0 Å². The number of pyridine rings is 2. The largest absolute Gasteiger partial charge is 0.382 e. The van der Waals surface area contributed by atoms with Crippen molar-refractivity contribution in [3.63, 3.8) is 0 Å². The van der Waals surface area contributed by atoms with Crippen LogP contribution in [0.4, 0.5) is 17.1 Å². The van der Waals surface area contributed by atoms with Gasteiger partial charge in [-0.25, -0.2) is 4.98 Å². The maximum Gasteiger partial charge on any atom is 0.334 e. The van der Waals surface area contributed by atoms with E-state index in [4.69, 9.17) is 0 Å². The Morgan fingerprint density at radius 1 is 1.26 bits per heavy atom. The van der Waals surface area contributed by atoms with Crippen LogP contribution in [0.2, 0.25) is 0 Å². The number of rotatable bonds is 3. The van der Waals surface area contributed by atoms with Crippen molar-refractivity contribution in [3.8, 4) is 0 Å². The topological polar surface area (TPSA) is 144 Å². The summed E-state index contributed by atoms with van der Waals surface area (Å²) in [6, 6.07) is 0.958. The standard InChI is InChI=1S/C9H7N5O5/c1-10-7-4-2-5(13(16)17)9(15)12-8(4)11-3-6(7)14(18)19/h2-3H,1H3,(H2,10,11,12,15). The van der Waals surface area contributed by atoms with Crippen LogP contribution in [0, 0.1) is 20.2 Å². The summed E-state index contributed by atoms with van der Waals surface area (Å²) in [5.74, 6) is 0. The summed E-state index contributed by atoms with van der Waals surface area (Å²) in [5.41, 5.74) is -1.87. The minimum atomic E-state index is -0.916. The molecule has 10 nitrogen and oxygen atoms in total. The first-order valence-electron chi connectivity index (χ1n) is 4.98. The van der Waals surface area contributed by atoms with Gasteiger partial charge < -0.3 is 10.3 Å². The first-order chi connectivity index (χ1) is 8.95. The second-order valence-electron chi connectivity index (χ2n) is 3.53. The van der Waals surface area contributed by atoms with Gasteiger partial charge >= 0.3 is 16.9 Å². The average molecular weight is 265 g/mol. The van der Waals surface area contributed by atoms with E-state index in [0.717, 1.165) is 12.3 Å². The number of aromatic amines is 1. The van der Waals surface area contributed by atoms with Crippen LogP contribution in [0.25, 0.3) is 11.0 Å². The lowest BCUT2D eigenvalue weighted by Gasteiger charge is -2.05. The number of hydrogen-bond acceptors (Lipinski definition) is 7. The Balaban J connectivity index is 2.91. The van der Waals surface area contributed by atoms with Gasteiger partial charge in [0.05, 0.1) is 15.2 Å². The SMILES string of the molecule is CNc1c([N+](=O)[O-])cnc2[nH]c(=O)c([N+](=O)[O-])cc12. The van der Waals surface area contributed by atoms with Gasteiger partial charge in [0.1, 0.15) is 17.5 Å². The van der Waals surface area contributed by atoms with Crippen molar-refractivity contribution < 1.29 is 9.85 Å². The lowest BCUT2D eigenvalue weighted by Crippen LogP contribution is -2.12. The van der Waals surface area contributed by atoms with Crippen molar-refractivity contribution in [2.45, 2.75) is 0 Å². The van der Waals surface area contributed by atoms with E-state index in [2.05, 4.69) is 15.3 Å². The molecule has 0 aromatic carbocycles. The van der Waals surface area contributed by atoms with Crippen LogP contribution in [0.5, 0.6) is 0 Å². The third-order valence-corrected chi connectivity index (χ3v) is 2.49. The normalized spacial score (nSPS) is 10.4. The van der Waals surface area contributed by atoms with Crippen molar-refractivity contribution >= 4 is 28.1 Å². The van der Waals surface area contributed by atoms with Gasteiger partial charge in [-0.3, -0.25) is 25.0 Å². The van der Waals surface area contributed by atoms with Gasteiger partial charge in [0.15, 0.2) is 0 Å². The molecule has 0 fully saturated rings. The fourth-order valence-electron chi connectivity index (χ4n) is 1.67. The molecule has 0 atom stereocenters. The van der Waals surface area contributed by atoms with Gasteiger partial charge in [-0.1, -0.05) is 0 Å². The molecule has 0 radical (unpaired) electrons. The van der Waals surface area contributed by atoms with E-state index in [9.17, 15) is 25.0 Å². The van der Waals surface area contributed by atoms with Crippen LogP contribution in [0.3, 0.4) is 0 Å². The van der Waals surface area contributed by atoms with E-state index in [1.807, 2.05) is 0 Å². The number of nitro groups is 2. The lowest BCUT2D eigenvalue weighted by molar-refractivity contribution is -0.386. The number of H-pyrrole nitrogens is 1. The molecule has 19 heavy (non-hydrogen) atoms. The van der Waals surface area contributed by atoms with Gasteiger partial charge in [-0.2, -0.15) is 0 Å². The van der Waals surface area contributed by atoms with Crippen molar-refractivity contribution in [1.82, 2.24) is 9.97 Å². The van der Waals surface area contributed by atoms with Crippen LogP contribution in [-0.4, -0.2) is 26.9 Å². The summed E-state index contributed by atoms with van der Waals surface area (Å²) in [4.78, 5) is 37.3. The fraction of sp³-hybridized carbons (Fsp3) is 0.111. The molecule has 0 unspecified atom stereocenters. The third-order valence-electron chi connectivity index (χ3n) is 2.49. The van der Waals surface area contributed by atoms with Crippen molar-refractivity contribution in [1.29, 1.82) is 0 Å². The zero-order chi connectivity index (χ0) is 14.2. The zero-order valence-corrected chi connectivity index (χ0v) is 9.54. The highest BCUT2D eigenvalue weighted by Crippen LogP contribution is 2.30. The Bertz CT molecular complexity index is 752. The highest BCUT2D eigenvalue weighted by Gasteiger charge is 2.21. The Morgan fingerprint density at radius 2 is 1.89 bits per heavy atom. The molecule has 2 aromatic heterocycles. The molecule has 2 rings (SSSR count). The smallest absolute Gasteiger partial charge is 0.334 e. The molecule has 0 saturated carbocycles. The van der Waals surface area contributed by atoms with E-state index in [-0.39, 0.29) is 22.4 Å². The monoisotopic (exact) mass is 265 g/mol. The number of nitrogens with zero attached hydrogens (tertiary/aromatic N) is 3. The summed E-state index contributed by atoms with van der Waals surface area (Å²) in [7, 11) is 1.43. The molecular weight excluding hydrogens is 258 g/mol. The van der Waals surface area contributed by atoms with E-state index in [1.165, 1.54) is 7.05 Å². The Morgan fingerprint density at radius 3 is 2.42 bits per heavy atom. The van der Waals surface area contributed by atoms with E-state index in [1.54, 1.807) is 0 Å². The van der Waals surface area contributed by atoms with Gasteiger partial charge in [-0.05, 0) is 0 Å². The van der Waals surface area contributed by atoms with Crippen molar-refractivity contribution in [2.24, 2.45) is 0 Å². The summed E-state index contributed by atoms with van der Waals surface area (Å²) < 4.78 is 0. The molecule has 0 amide bonds. The minimum absolute atomic E-state index is 0.0329. The number of anilines is 1. The quantitative estimate of drug-likeness (QED) is 0.616. The molecule has 2 heterocycles. The zero-order valence-electron chi connectivity index (χ0n) is 9.54. The molecule has 10 heteroatoms. The minimum Gasteiger partial charge on any atom is -0.382 e. The van der Waals surface area contributed by atoms with Gasteiger partial charge in [0.25, 0.3) is 0 Å². The van der Waals surface area contributed by atoms with Crippen LogP contribution >= 0.6 is 0 Å². The van der Waals surface area contributed by atoms with E-state index < -0.39 is 21.1 Å². The highest BCUT2D eigenvalue weighted by molar-refractivity contribution is 5.94. The van der Waals surface area contributed by atoms with Crippen LogP contribution < -0.4 is 10.9 Å². The predicted octanol–water partition coefficient (Wildman–Crippen LogP) is 0.781. The summed E-state index contributed by atoms with van der Waals surface area (Å²) in [6.07, 6.45) is 0.968. The number of fused-ring (bicyclic) bond motifs is 1. The molecular formula is C9H7N5O5. The maximum absolute atomic E-state index is 11.4. The second-order valence-corrected chi connectivity index (χ2v) is 3.53. The Hall–Kier alpha value is -3.04. The van der Waals surface area contributed by atoms with Gasteiger partial charge in [-0.15, -0.1) is 0 Å². The first-order valence-corrected chi connectivity index (χ1v) is 4.98. The molecule has 98 valence electrons. The van der Waals surface area contributed by atoms with E-state index in [0.29, 0.717) is 0 Å². The molecule has 2 aromatic rings. The molecule has 0 aliphatic rings. The first kappa shape index (κ1) is 12.4. The number of hydrogen-bond donors (Lipinski definition) is 2. The van der Waals surface area contributed by atoms with Crippen LogP contribution in [-0.2, 0) is 0 Å². The maximum atomic E-state index is 11.4. The van der Waals surface area contributed by atoms with E-state index >= 15 is 0 Å². The molecule has 0 bridgehead atoms. The highest BCUT2D eigenvalue weighted by atomic mass is 16.6. The summed E-state index contributed by atoms with van der Waals surface area (Å²) in [5, 5.41) is 24.2. The lowest BCUT2D eigenvalue weighted by atomic mass is 10.2. The molecule has 0 spiro atoms. The second kappa shape index (κ2) is 4.33. The number of nitrogens with one attached hydrogen (secondary N) is 2. The third kappa shape index (κ3) is 1.94. The van der Waals surface area contributed by atoms with Crippen molar-refractivity contribution in [3.05, 3.63) is 42.8 Å². The van der Waals surface area contributed by atoms with Gasteiger partial charge in [0.2, 0.25) is 0 Å². The predicted molar refractivity (Wildman–Crippen MR) is 65.2 cm³/mol. The van der Waals surface area contributed by atoms with Crippen molar-refractivity contribution in [2.75, 3.05) is 12.4 Å². The average Bonchev–Trinajstić information content (AvgIpc) is 2.35. The summed E-state index contributed by atoms with van der Waals surface area (Å²) >= 11 is 0. The Labute approximate surface area is 104 Å². The fourth-order valence-corrected chi connectivity index (χ4v) is 1.67. The Kier molecular flexibility index (Phi) is 2.83. The van der Waals surface area contributed by atoms with Gasteiger partial charge in [0, 0.05) is 13.1 Å². The molecule has 0 aliphatic heterocycles. The van der Waals surface area contributed by atoms with Crippen LogP contribution in [0.15, 0.2) is 17.1 Å². The molecule has 2 N–H and O–H groups in total. The summed E-state index contributed by atoms with van der Waals surface area (Å²) in [6.45, 7) is 0. The molecule has 0 aliphatic carbocycles.